The molecule has 0 fully saturated rings. The summed E-state index contributed by atoms with van der Waals surface area (Å²) in [5.41, 5.74) is 3.70. The van der Waals surface area contributed by atoms with Crippen LogP contribution < -0.4 is 4.90 Å². The molecule has 3 aromatic rings. The van der Waals surface area contributed by atoms with Gasteiger partial charge in [-0.05, 0) is 29.8 Å². The van der Waals surface area contributed by atoms with Crippen molar-refractivity contribution < 1.29 is 14.3 Å². The van der Waals surface area contributed by atoms with Crippen LogP contribution in [0.3, 0.4) is 0 Å². The van der Waals surface area contributed by atoms with Crippen LogP contribution in [0.1, 0.15) is 38.1 Å². The Bertz CT molecular complexity index is 1060. The molecule has 4 rings (SSSR count). The summed E-state index contributed by atoms with van der Waals surface area (Å²) in [5.74, 6) is -0.412. The number of methoxy groups -OCH3 is 1. The van der Waals surface area contributed by atoms with Crippen molar-refractivity contribution in [2.45, 2.75) is 12.7 Å². The zero-order valence-electron chi connectivity index (χ0n) is 16.4. The van der Waals surface area contributed by atoms with Gasteiger partial charge in [0.25, 0.3) is 5.91 Å². The number of carbonyl (C=O) groups is 2. The maximum absolute atomic E-state index is 12.8. The number of amides is 1. The molecule has 0 spiro atoms. The molecule has 0 saturated carbocycles. The van der Waals surface area contributed by atoms with E-state index in [1.807, 2.05) is 54.5 Å². The largest absolute Gasteiger partial charge is 0.465 e. The first-order valence-electron chi connectivity index (χ1n) is 9.16. The first-order chi connectivity index (χ1) is 14.0. The summed E-state index contributed by atoms with van der Waals surface area (Å²) in [5, 5.41) is 8.53. The lowest BCUT2D eigenvalue weighted by atomic mass is 10.1. The molecular formula is C21H21N5O3. The highest BCUT2D eigenvalue weighted by Gasteiger charge is 2.35. The Balaban J connectivity index is 1.56. The van der Waals surface area contributed by atoms with E-state index < -0.39 is 0 Å². The van der Waals surface area contributed by atoms with E-state index >= 15 is 0 Å². The molecule has 0 saturated heterocycles. The van der Waals surface area contributed by atoms with Crippen molar-refractivity contribution in [3.8, 4) is 0 Å². The van der Waals surface area contributed by atoms with E-state index in [0.29, 0.717) is 23.4 Å². The molecule has 0 N–H and O–H groups in total. The molecular weight excluding hydrogens is 370 g/mol. The fourth-order valence-corrected chi connectivity index (χ4v) is 3.61. The average Bonchev–Trinajstić information content (AvgIpc) is 3.20. The van der Waals surface area contributed by atoms with Crippen molar-refractivity contribution in [3.05, 3.63) is 77.1 Å². The number of hydrogen-bond donors (Lipinski definition) is 0. The van der Waals surface area contributed by atoms with Crippen molar-refractivity contribution in [3.63, 3.8) is 0 Å². The van der Waals surface area contributed by atoms with Crippen LogP contribution in [0, 0.1) is 0 Å². The molecule has 8 nitrogen and oxygen atoms in total. The van der Waals surface area contributed by atoms with E-state index in [1.54, 1.807) is 28.8 Å². The van der Waals surface area contributed by atoms with Crippen LogP contribution in [0.4, 0.5) is 5.69 Å². The molecule has 2 heterocycles. The van der Waals surface area contributed by atoms with Crippen molar-refractivity contribution >= 4 is 17.6 Å². The lowest BCUT2D eigenvalue weighted by Crippen LogP contribution is -2.45. The smallest absolute Gasteiger partial charge is 0.337 e. The van der Waals surface area contributed by atoms with Gasteiger partial charge in [-0.25, -0.2) is 9.48 Å². The molecule has 1 aliphatic heterocycles. The monoisotopic (exact) mass is 391 g/mol. The standard InChI is InChI=1S/C21H21N5O3/c1-24-18-7-5-4-6-16(18)20(27)25(2)19(24)17-13-26(23-22-17)12-14-8-10-15(11-9-14)21(28)29-3/h4-11,13,19H,12H2,1-3H3/t19-/m1/s1. The van der Waals surface area contributed by atoms with Crippen LogP contribution in [0.15, 0.2) is 54.7 Å². The van der Waals surface area contributed by atoms with Crippen molar-refractivity contribution in [2.24, 2.45) is 0 Å². The Hall–Kier alpha value is -3.68. The summed E-state index contributed by atoms with van der Waals surface area (Å²) in [4.78, 5) is 28.0. The van der Waals surface area contributed by atoms with Crippen LogP contribution in [0.2, 0.25) is 0 Å². The van der Waals surface area contributed by atoms with Crippen LogP contribution in [-0.2, 0) is 11.3 Å². The zero-order valence-corrected chi connectivity index (χ0v) is 16.4. The lowest BCUT2D eigenvalue weighted by molar-refractivity contribution is 0.0600. The number of aromatic nitrogens is 3. The quantitative estimate of drug-likeness (QED) is 0.635. The first kappa shape index (κ1) is 18.7. The Kier molecular flexibility index (Phi) is 4.75. The summed E-state index contributed by atoms with van der Waals surface area (Å²) < 4.78 is 6.43. The van der Waals surface area contributed by atoms with E-state index in [-0.39, 0.29) is 18.0 Å². The molecule has 2 aromatic carbocycles. The minimum Gasteiger partial charge on any atom is -0.465 e. The number of rotatable bonds is 4. The van der Waals surface area contributed by atoms with E-state index in [9.17, 15) is 9.59 Å². The fourth-order valence-electron chi connectivity index (χ4n) is 3.61. The van der Waals surface area contributed by atoms with E-state index in [4.69, 9.17) is 4.74 Å². The third-order valence-electron chi connectivity index (χ3n) is 5.11. The van der Waals surface area contributed by atoms with Gasteiger partial charge in [-0.3, -0.25) is 4.79 Å². The van der Waals surface area contributed by atoms with Crippen LogP contribution in [0.5, 0.6) is 0 Å². The van der Waals surface area contributed by atoms with Gasteiger partial charge in [0.2, 0.25) is 0 Å². The average molecular weight is 391 g/mol. The summed E-state index contributed by atoms with van der Waals surface area (Å²) in [7, 11) is 5.07. The Morgan fingerprint density at radius 3 is 2.52 bits per heavy atom. The second kappa shape index (κ2) is 7.38. The van der Waals surface area contributed by atoms with E-state index in [0.717, 1.165) is 11.3 Å². The number of para-hydroxylation sites is 1. The number of fused-ring (bicyclic) bond motifs is 1. The SMILES string of the molecule is COC(=O)c1ccc(Cn2cc([C@H]3N(C)C(=O)c4ccccc4N3C)nn2)cc1. The van der Waals surface area contributed by atoms with Crippen LogP contribution >= 0.6 is 0 Å². The molecule has 1 atom stereocenters. The van der Waals surface area contributed by atoms with Gasteiger partial charge in [0, 0.05) is 14.1 Å². The van der Waals surface area contributed by atoms with Gasteiger partial charge in [-0.2, -0.15) is 0 Å². The lowest BCUT2D eigenvalue weighted by Gasteiger charge is -2.40. The third kappa shape index (κ3) is 3.33. The molecule has 0 unspecified atom stereocenters. The highest BCUT2D eigenvalue weighted by molar-refractivity contribution is 6.01. The van der Waals surface area contributed by atoms with Crippen molar-refractivity contribution in [2.75, 3.05) is 26.1 Å². The highest BCUT2D eigenvalue weighted by Crippen LogP contribution is 2.35. The fraction of sp³-hybridized carbons (Fsp3) is 0.238. The van der Waals surface area contributed by atoms with Gasteiger partial charge >= 0.3 is 5.97 Å². The van der Waals surface area contributed by atoms with Gasteiger partial charge in [0.15, 0.2) is 6.17 Å². The molecule has 29 heavy (non-hydrogen) atoms. The number of nitrogens with zero attached hydrogens (tertiary/aromatic N) is 5. The summed E-state index contributed by atoms with van der Waals surface area (Å²) in [6.07, 6.45) is 1.50. The number of anilines is 1. The number of ether oxygens (including phenoxy) is 1. The van der Waals surface area contributed by atoms with Gasteiger partial charge in [0.05, 0.1) is 36.7 Å². The minimum atomic E-state index is -0.368. The van der Waals surface area contributed by atoms with Gasteiger partial charge in [-0.1, -0.05) is 29.5 Å². The Morgan fingerprint density at radius 2 is 1.79 bits per heavy atom. The second-order valence-electron chi connectivity index (χ2n) is 6.95. The molecule has 8 heteroatoms. The maximum Gasteiger partial charge on any atom is 0.337 e. The summed E-state index contributed by atoms with van der Waals surface area (Å²) in [6, 6.07) is 14.7. The van der Waals surface area contributed by atoms with Gasteiger partial charge in [0.1, 0.15) is 5.69 Å². The number of carbonyl (C=O) groups excluding carboxylic acids is 2. The normalized spacial score (nSPS) is 16.0. The van der Waals surface area contributed by atoms with Gasteiger partial charge < -0.3 is 14.5 Å². The molecule has 0 radical (unpaired) electrons. The van der Waals surface area contributed by atoms with Gasteiger partial charge in [-0.15, -0.1) is 5.10 Å². The van der Waals surface area contributed by atoms with Crippen LogP contribution in [-0.4, -0.2) is 53.0 Å². The predicted molar refractivity (Wildman–Crippen MR) is 107 cm³/mol. The minimum absolute atomic E-state index is 0.0448. The molecule has 148 valence electrons. The Morgan fingerprint density at radius 1 is 1.07 bits per heavy atom. The highest BCUT2D eigenvalue weighted by atomic mass is 16.5. The number of esters is 1. The van der Waals surface area contributed by atoms with E-state index in [2.05, 4.69) is 10.3 Å². The number of hydrogen-bond acceptors (Lipinski definition) is 6. The third-order valence-corrected chi connectivity index (χ3v) is 5.11. The number of benzene rings is 2. The van der Waals surface area contributed by atoms with E-state index in [1.165, 1.54) is 7.11 Å². The van der Waals surface area contributed by atoms with Crippen molar-refractivity contribution in [1.29, 1.82) is 0 Å². The van der Waals surface area contributed by atoms with Crippen molar-refractivity contribution in [1.82, 2.24) is 19.9 Å². The first-order valence-corrected chi connectivity index (χ1v) is 9.16. The molecule has 1 aliphatic rings. The second-order valence-corrected chi connectivity index (χ2v) is 6.95. The summed E-state index contributed by atoms with van der Waals surface area (Å²) >= 11 is 0. The molecule has 0 bridgehead atoms. The summed E-state index contributed by atoms with van der Waals surface area (Å²) in [6.45, 7) is 0.499. The Labute approximate surface area is 168 Å². The maximum atomic E-state index is 12.8. The zero-order chi connectivity index (χ0) is 20.5. The van der Waals surface area contributed by atoms with Crippen LogP contribution in [0.25, 0.3) is 0 Å². The topological polar surface area (TPSA) is 80.6 Å². The predicted octanol–water partition coefficient (Wildman–Crippen LogP) is 2.33. The molecule has 0 aliphatic carbocycles. The molecule has 1 amide bonds. The molecule has 1 aromatic heterocycles.